The van der Waals surface area contributed by atoms with Gasteiger partial charge in [-0.1, -0.05) is 36.8 Å². The molecular weight excluding hydrogens is 268 g/mol. The van der Waals surface area contributed by atoms with Crippen LogP contribution in [0.25, 0.3) is 0 Å². The lowest BCUT2D eigenvalue weighted by Crippen LogP contribution is -2.38. The minimum atomic E-state index is -0.925. The Morgan fingerprint density at radius 1 is 1.29 bits per heavy atom. The van der Waals surface area contributed by atoms with E-state index in [0.717, 1.165) is 24.8 Å². The number of benzene rings is 1. The summed E-state index contributed by atoms with van der Waals surface area (Å²) in [6, 6.07) is 8.73. The summed E-state index contributed by atoms with van der Waals surface area (Å²) in [5, 5.41) is 11.9. The van der Waals surface area contributed by atoms with Crippen LogP contribution in [0.1, 0.15) is 37.3 Å². The van der Waals surface area contributed by atoms with E-state index in [1.807, 2.05) is 30.3 Å². The number of aliphatic carboxylic acids is 1. The van der Waals surface area contributed by atoms with E-state index in [-0.39, 0.29) is 24.2 Å². The van der Waals surface area contributed by atoms with Gasteiger partial charge >= 0.3 is 5.97 Å². The Morgan fingerprint density at radius 2 is 2.00 bits per heavy atom. The molecule has 4 N–H and O–H groups in total. The van der Waals surface area contributed by atoms with E-state index in [0.29, 0.717) is 6.54 Å². The van der Waals surface area contributed by atoms with Crippen molar-refractivity contribution < 1.29 is 14.7 Å². The number of carbonyl (C=O) groups excluding carboxylic acids is 1. The van der Waals surface area contributed by atoms with Crippen LogP contribution in [0, 0.1) is 11.8 Å². The normalized spacial score (nSPS) is 22.7. The van der Waals surface area contributed by atoms with E-state index < -0.39 is 12.0 Å². The fourth-order valence-corrected chi connectivity index (χ4v) is 3.06. The molecule has 0 aliphatic heterocycles. The van der Waals surface area contributed by atoms with Crippen molar-refractivity contribution in [2.24, 2.45) is 17.6 Å². The maximum Gasteiger partial charge on any atom is 0.305 e. The van der Waals surface area contributed by atoms with Crippen molar-refractivity contribution in [2.45, 2.75) is 31.7 Å². The summed E-state index contributed by atoms with van der Waals surface area (Å²) in [6.45, 7) is 0.507. The molecule has 1 aromatic rings. The van der Waals surface area contributed by atoms with Crippen molar-refractivity contribution in [2.75, 3.05) is 6.54 Å². The highest BCUT2D eigenvalue weighted by atomic mass is 16.4. The van der Waals surface area contributed by atoms with Crippen molar-refractivity contribution in [3.63, 3.8) is 0 Å². The number of rotatable bonds is 6. The smallest absolute Gasteiger partial charge is 0.305 e. The molecule has 114 valence electrons. The molecule has 21 heavy (non-hydrogen) atoms. The molecule has 0 bridgehead atoms. The predicted octanol–water partition coefficient (Wildman–Crippen LogP) is 1.69. The second-order valence-electron chi connectivity index (χ2n) is 5.60. The molecule has 0 radical (unpaired) electrons. The number of hydrogen-bond donors (Lipinski definition) is 3. The second kappa shape index (κ2) is 7.22. The molecule has 0 saturated heterocycles. The molecule has 0 heterocycles. The van der Waals surface area contributed by atoms with E-state index in [1.54, 1.807) is 0 Å². The first-order chi connectivity index (χ1) is 10.1. The molecular formula is C16H22N2O3. The lowest BCUT2D eigenvalue weighted by atomic mass is 9.94. The largest absolute Gasteiger partial charge is 0.481 e. The third kappa shape index (κ3) is 4.04. The summed E-state index contributed by atoms with van der Waals surface area (Å²) >= 11 is 0. The molecule has 0 aromatic heterocycles. The zero-order chi connectivity index (χ0) is 15.2. The molecule has 1 saturated carbocycles. The number of carbonyl (C=O) groups is 2. The van der Waals surface area contributed by atoms with E-state index in [1.165, 1.54) is 0 Å². The van der Waals surface area contributed by atoms with Gasteiger partial charge in [0, 0.05) is 5.92 Å². The van der Waals surface area contributed by atoms with Gasteiger partial charge < -0.3 is 16.2 Å². The number of hydrogen-bond acceptors (Lipinski definition) is 3. The third-order valence-corrected chi connectivity index (χ3v) is 4.20. The Bertz CT molecular complexity index is 490. The summed E-state index contributed by atoms with van der Waals surface area (Å²) in [6.07, 6.45) is 2.70. The number of carboxylic acids is 1. The van der Waals surface area contributed by atoms with Crippen molar-refractivity contribution in [1.29, 1.82) is 0 Å². The zero-order valence-electron chi connectivity index (χ0n) is 12.0. The molecule has 0 spiro atoms. The monoisotopic (exact) mass is 290 g/mol. The Kier molecular flexibility index (Phi) is 5.33. The maximum atomic E-state index is 12.4. The van der Waals surface area contributed by atoms with Crippen LogP contribution in [0.4, 0.5) is 0 Å². The van der Waals surface area contributed by atoms with Crippen LogP contribution in [-0.2, 0) is 9.59 Å². The Morgan fingerprint density at radius 3 is 2.62 bits per heavy atom. The van der Waals surface area contributed by atoms with Crippen molar-refractivity contribution in [1.82, 2.24) is 5.32 Å². The molecule has 1 aliphatic carbocycles. The van der Waals surface area contributed by atoms with Gasteiger partial charge in [0.15, 0.2) is 0 Å². The molecule has 1 aromatic carbocycles. The molecule has 5 heteroatoms. The second-order valence-corrected chi connectivity index (χ2v) is 5.60. The minimum absolute atomic E-state index is 0.0712. The predicted molar refractivity (Wildman–Crippen MR) is 79.5 cm³/mol. The van der Waals surface area contributed by atoms with Gasteiger partial charge in [-0.25, -0.2) is 0 Å². The first kappa shape index (κ1) is 15.5. The first-order valence-electron chi connectivity index (χ1n) is 7.39. The molecule has 3 atom stereocenters. The maximum absolute atomic E-state index is 12.4. The summed E-state index contributed by atoms with van der Waals surface area (Å²) in [5.74, 6) is -0.870. The quantitative estimate of drug-likeness (QED) is 0.743. The average Bonchev–Trinajstić information content (AvgIpc) is 2.95. The van der Waals surface area contributed by atoms with Crippen molar-refractivity contribution in [3.05, 3.63) is 35.9 Å². The summed E-state index contributed by atoms with van der Waals surface area (Å²) in [5.41, 5.74) is 6.53. The van der Waals surface area contributed by atoms with Gasteiger partial charge in [-0.3, -0.25) is 9.59 Å². The zero-order valence-corrected chi connectivity index (χ0v) is 12.0. The van der Waals surface area contributed by atoms with Crippen LogP contribution in [0.2, 0.25) is 0 Å². The van der Waals surface area contributed by atoms with E-state index in [9.17, 15) is 9.59 Å². The van der Waals surface area contributed by atoms with Gasteiger partial charge in [0.25, 0.3) is 0 Å². The number of nitrogens with two attached hydrogens (primary N) is 1. The van der Waals surface area contributed by atoms with Gasteiger partial charge in [0.2, 0.25) is 5.91 Å². The lowest BCUT2D eigenvalue weighted by molar-refractivity contribution is -0.138. The van der Waals surface area contributed by atoms with Gasteiger partial charge in [-0.05, 0) is 30.9 Å². The summed E-state index contributed by atoms with van der Waals surface area (Å²) in [4.78, 5) is 23.5. The van der Waals surface area contributed by atoms with Crippen LogP contribution in [0.3, 0.4) is 0 Å². The molecule has 1 fully saturated rings. The summed E-state index contributed by atoms with van der Waals surface area (Å²) < 4.78 is 0. The Hall–Kier alpha value is -1.88. The van der Waals surface area contributed by atoms with Crippen molar-refractivity contribution >= 4 is 11.9 Å². The molecule has 2 rings (SSSR count). The minimum Gasteiger partial charge on any atom is -0.481 e. The lowest BCUT2D eigenvalue weighted by Gasteiger charge is -2.22. The Labute approximate surface area is 124 Å². The fraction of sp³-hybridized carbons (Fsp3) is 0.500. The highest BCUT2D eigenvalue weighted by Gasteiger charge is 2.33. The highest BCUT2D eigenvalue weighted by Crippen LogP contribution is 2.31. The Balaban J connectivity index is 2.08. The van der Waals surface area contributed by atoms with Gasteiger partial charge in [0.05, 0.1) is 12.5 Å². The van der Waals surface area contributed by atoms with Gasteiger partial charge in [0.1, 0.15) is 0 Å². The standard InChI is InChI=1S/C16H22N2O3/c17-10-12-7-4-8-13(12)16(21)18-14(9-15(19)20)11-5-2-1-3-6-11/h1-3,5-6,12-14H,4,7-10,17H2,(H,18,21)(H,19,20). The molecule has 1 amide bonds. The average molecular weight is 290 g/mol. The molecule has 1 aliphatic rings. The fourth-order valence-electron chi connectivity index (χ4n) is 3.06. The number of amides is 1. The van der Waals surface area contributed by atoms with Crippen LogP contribution in [-0.4, -0.2) is 23.5 Å². The molecule has 3 unspecified atom stereocenters. The van der Waals surface area contributed by atoms with E-state index >= 15 is 0 Å². The first-order valence-corrected chi connectivity index (χ1v) is 7.39. The number of carboxylic acid groups (broad SMARTS) is 1. The topological polar surface area (TPSA) is 92.4 Å². The van der Waals surface area contributed by atoms with Crippen LogP contribution in [0.5, 0.6) is 0 Å². The van der Waals surface area contributed by atoms with Gasteiger partial charge in [-0.2, -0.15) is 0 Å². The third-order valence-electron chi connectivity index (χ3n) is 4.20. The highest BCUT2D eigenvalue weighted by molar-refractivity contribution is 5.80. The van der Waals surface area contributed by atoms with Crippen molar-refractivity contribution in [3.8, 4) is 0 Å². The van der Waals surface area contributed by atoms with Gasteiger partial charge in [-0.15, -0.1) is 0 Å². The van der Waals surface area contributed by atoms with E-state index in [2.05, 4.69) is 5.32 Å². The SMILES string of the molecule is NCC1CCCC1C(=O)NC(CC(=O)O)c1ccccc1. The molecule has 5 nitrogen and oxygen atoms in total. The van der Waals surface area contributed by atoms with E-state index in [4.69, 9.17) is 10.8 Å². The van der Waals surface area contributed by atoms with Crippen LogP contribution in [0.15, 0.2) is 30.3 Å². The van der Waals surface area contributed by atoms with Crippen LogP contribution >= 0.6 is 0 Å². The summed E-state index contributed by atoms with van der Waals surface area (Å²) in [7, 11) is 0. The number of nitrogens with one attached hydrogen (secondary N) is 1. The van der Waals surface area contributed by atoms with Crippen LogP contribution < -0.4 is 11.1 Å².